The van der Waals surface area contributed by atoms with Gasteiger partial charge in [0.05, 0.1) is 6.10 Å². The van der Waals surface area contributed by atoms with Gasteiger partial charge in [-0.05, 0) is 26.0 Å². The van der Waals surface area contributed by atoms with Gasteiger partial charge in [-0.3, -0.25) is 4.99 Å². The summed E-state index contributed by atoms with van der Waals surface area (Å²) in [7, 11) is 1.80. The fourth-order valence-electron chi connectivity index (χ4n) is 1.95. The van der Waals surface area contributed by atoms with E-state index in [1.165, 1.54) is 0 Å². The minimum atomic E-state index is -0.604. The van der Waals surface area contributed by atoms with Crippen LogP contribution in [0.1, 0.15) is 33.1 Å². The molecule has 4 nitrogen and oxygen atoms in total. The van der Waals surface area contributed by atoms with Gasteiger partial charge in [0, 0.05) is 24.9 Å². The maximum Gasteiger partial charge on any atom is 0.101 e. The molecule has 0 aromatic rings. The Kier molecular flexibility index (Phi) is 11.4. The van der Waals surface area contributed by atoms with Crippen LogP contribution < -0.4 is 5.32 Å². The van der Waals surface area contributed by atoms with Gasteiger partial charge >= 0.3 is 0 Å². The Balaban J connectivity index is 4.96. The van der Waals surface area contributed by atoms with Gasteiger partial charge in [0.25, 0.3) is 0 Å². The number of aliphatic imine (C=N–C) groups is 1. The third-order valence-electron chi connectivity index (χ3n) is 3.03. The van der Waals surface area contributed by atoms with Crippen molar-refractivity contribution in [1.82, 2.24) is 5.32 Å². The predicted molar refractivity (Wildman–Crippen MR) is 92.6 cm³/mol. The molecular formula is C17H29N3O. The minimum Gasteiger partial charge on any atom is -0.389 e. The average molecular weight is 291 g/mol. The number of hydrogen-bond donors (Lipinski definition) is 3. The van der Waals surface area contributed by atoms with Crippen molar-refractivity contribution in [2.75, 3.05) is 13.6 Å². The molecule has 0 spiro atoms. The van der Waals surface area contributed by atoms with E-state index in [0.717, 1.165) is 18.4 Å². The second-order valence-electron chi connectivity index (χ2n) is 4.84. The number of allylic oxidation sites excluding steroid dienone is 3. The van der Waals surface area contributed by atoms with Gasteiger partial charge < -0.3 is 15.8 Å². The summed E-state index contributed by atoms with van der Waals surface area (Å²) in [6, 6.07) is -0.326. The SMILES string of the molecule is C=CC=CC(=CC)C(N=CCC(=N)CCC)C(O)CNC. The summed E-state index contributed by atoms with van der Waals surface area (Å²) in [5.41, 5.74) is 1.61. The molecule has 0 aliphatic rings. The first-order chi connectivity index (χ1) is 10.1. The molecular weight excluding hydrogens is 262 g/mol. The van der Waals surface area contributed by atoms with Crippen molar-refractivity contribution >= 4 is 11.9 Å². The minimum absolute atomic E-state index is 0.326. The van der Waals surface area contributed by atoms with Crippen LogP contribution in [0.2, 0.25) is 0 Å². The van der Waals surface area contributed by atoms with Gasteiger partial charge in [0.1, 0.15) is 6.04 Å². The van der Waals surface area contributed by atoms with Crippen LogP contribution in [0.4, 0.5) is 0 Å². The molecule has 0 aliphatic heterocycles. The first-order valence-corrected chi connectivity index (χ1v) is 7.46. The predicted octanol–water partition coefficient (Wildman–Crippen LogP) is 2.90. The lowest BCUT2D eigenvalue weighted by Gasteiger charge is -2.20. The van der Waals surface area contributed by atoms with E-state index in [2.05, 4.69) is 23.8 Å². The van der Waals surface area contributed by atoms with Gasteiger partial charge in [-0.15, -0.1) is 0 Å². The highest BCUT2D eigenvalue weighted by Gasteiger charge is 2.19. The first-order valence-electron chi connectivity index (χ1n) is 7.46. The second-order valence-corrected chi connectivity index (χ2v) is 4.84. The van der Waals surface area contributed by atoms with Crippen LogP contribution in [0.25, 0.3) is 0 Å². The standard InChI is InChI=1S/C17H29N3O/c1-5-8-10-14(7-3)17(16(21)13-19-4)20-12-11-15(18)9-6-2/h5,7-8,10,12,16-19,21H,1,6,9,11,13H2,2-4H3. The molecule has 0 bridgehead atoms. The van der Waals surface area contributed by atoms with E-state index in [9.17, 15) is 5.11 Å². The highest BCUT2D eigenvalue weighted by molar-refractivity contribution is 5.93. The molecule has 118 valence electrons. The Morgan fingerprint density at radius 2 is 2.19 bits per heavy atom. The number of nitrogens with one attached hydrogen (secondary N) is 2. The molecule has 2 unspecified atom stereocenters. The topological polar surface area (TPSA) is 68.5 Å². The Hall–Kier alpha value is -1.52. The summed E-state index contributed by atoms with van der Waals surface area (Å²) >= 11 is 0. The lowest BCUT2D eigenvalue weighted by Crippen LogP contribution is -2.35. The van der Waals surface area contributed by atoms with Gasteiger partial charge in [-0.1, -0.05) is 44.2 Å². The third kappa shape index (κ3) is 8.38. The number of likely N-dealkylation sites (N-methyl/N-ethyl adjacent to an activating group) is 1. The first kappa shape index (κ1) is 19.5. The van der Waals surface area contributed by atoms with Crippen molar-refractivity contribution in [2.45, 2.75) is 45.3 Å². The van der Waals surface area contributed by atoms with Crippen molar-refractivity contribution in [3.05, 3.63) is 36.5 Å². The molecule has 0 saturated heterocycles. The summed E-state index contributed by atoms with van der Waals surface area (Å²) in [6.07, 6.45) is 10.8. The van der Waals surface area contributed by atoms with E-state index in [1.807, 2.05) is 25.2 Å². The maximum atomic E-state index is 10.2. The van der Waals surface area contributed by atoms with Gasteiger partial charge in [0.15, 0.2) is 0 Å². The van der Waals surface area contributed by atoms with Crippen LogP contribution >= 0.6 is 0 Å². The zero-order valence-electron chi connectivity index (χ0n) is 13.5. The summed E-state index contributed by atoms with van der Waals surface area (Å²) < 4.78 is 0. The number of hydrogen-bond acceptors (Lipinski definition) is 4. The van der Waals surface area contributed by atoms with Gasteiger partial charge in [-0.2, -0.15) is 0 Å². The van der Waals surface area contributed by atoms with Crippen LogP contribution in [0.15, 0.2) is 41.4 Å². The number of aliphatic hydroxyl groups excluding tert-OH is 1. The summed E-state index contributed by atoms with van der Waals surface area (Å²) in [5, 5.41) is 21.0. The molecule has 0 amide bonds. The number of nitrogens with zero attached hydrogens (tertiary/aromatic N) is 1. The quantitative estimate of drug-likeness (QED) is 0.405. The fourth-order valence-corrected chi connectivity index (χ4v) is 1.95. The second kappa shape index (κ2) is 12.2. The largest absolute Gasteiger partial charge is 0.389 e. The van der Waals surface area contributed by atoms with Crippen molar-refractivity contribution < 1.29 is 5.11 Å². The molecule has 21 heavy (non-hydrogen) atoms. The Morgan fingerprint density at radius 3 is 2.71 bits per heavy atom. The Morgan fingerprint density at radius 1 is 1.48 bits per heavy atom. The zero-order chi connectivity index (χ0) is 16.1. The number of aliphatic hydroxyl groups is 1. The van der Waals surface area contributed by atoms with Crippen LogP contribution in [0.3, 0.4) is 0 Å². The van der Waals surface area contributed by atoms with Gasteiger partial charge in [-0.25, -0.2) is 0 Å². The van der Waals surface area contributed by atoms with Crippen molar-refractivity contribution in [3.8, 4) is 0 Å². The molecule has 3 N–H and O–H groups in total. The Labute approximate surface area is 128 Å². The normalized spacial score (nSPS) is 15.5. The zero-order valence-corrected chi connectivity index (χ0v) is 13.5. The molecule has 0 radical (unpaired) electrons. The molecule has 0 aromatic heterocycles. The highest BCUT2D eigenvalue weighted by Crippen LogP contribution is 2.13. The molecule has 0 rings (SSSR count). The molecule has 4 heteroatoms. The molecule has 0 fully saturated rings. The lowest BCUT2D eigenvalue weighted by molar-refractivity contribution is 0.158. The van der Waals surface area contributed by atoms with Crippen molar-refractivity contribution in [1.29, 1.82) is 5.41 Å². The third-order valence-corrected chi connectivity index (χ3v) is 3.03. The monoisotopic (exact) mass is 291 g/mol. The molecule has 2 atom stereocenters. The van der Waals surface area contributed by atoms with E-state index in [0.29, 0.717) is 18.7 Å². The van der Waals surface area contributed by atoms with Crippen LogP contribution in [-0.2, 0) is 0 Å². The molecule has 0 aliphatic carbocycles. The highest BCUT2D eigenvalue weighted by atomic mass is 16.3. The van der Waals surface area contributed by atoms with Crippen LogP contribution in [0.5, 0.6) is 0 Å². The smallest absolute Gasteiger partial charge is 0.101 e. The molecule has 0 heterocycles. The van der Waals surface area contributed by atoms with Crippen molar-refractivity contribution in [3.63, 3.8) is 0 Å². The van der Waals surface area contributed by atoms with E-state index >= 15 is 0 Å². The summed E-state index contributed by atoms with van der Waals surface area (Å²) in [4.78, 5) is 4.48. The van der Waals surface area contributed by atoms with Crippen LogP contribution in [0, 0.1) is 5.41 Å². The molecule has 0 aromatic carbocycles. The average Bonchev–Trinajstić information content (AvgIpc) is 2.46. The van der Waals surface area contributed by atoms with E-state index in [4.69, 9.17) is 5.41 Å². The molecule has 0 saturated carbocycles. The van der Waals surface area contributed by atoms with Crippen molar-refractivity contribution in [2.24, 2.45) is 4.99 Å². The Bertz CT molecular complexity index is 397. The summed E-state index contributed by atoms with van der Waals surface area (Å²) in [5.74, 6) is 0. The van der Waals surface area contributed by atoms with E-state index in [1.54, 1.807) is 19.3 Å². The maximum absolute atomic E-state index is 10.2. The van der Waals surface area contributed by atoms with E-state index < -0.39 is 6.10 Å². The summed E-state index contributed by atoms with van der Waals surface area (Å²) in [6.45, 7) is 8.11. The number of rotatable bonds is 11. The van der Waals surface area contributed by atoms with E-state index in [-0.39, 0.29) is 6.04 Å². The lowest BCUT2D eigenvalue weighted by atomic mass is 10.0. The fraction of sp³-hybridized carbons (Fsp3) is 0.529. The van der Waals surface area contributed by atoms with Crippen LogP contribution in [-0.4, -0.2) is 42.8 Å². The van der Waals surface area contributed by atoms with Gasteiger partial charge in [0.2, 0.25) is 0 Å².